The Labute approximate surface area is 409 Å². The predicted molar refractivity (Wildman–Crippen MR) is 245 cm³/mol. The molecule has 61 heavy (non-hydrogen) atoms. The fourth-order valence-corrected chi connectivity index (χ4v) is 9.50. The monoisotopic (exact) mass is 1060 g/mol. The quantitative estimate of drug-likeness (QED) is 0.0903. The molecule has 0 N–H and O–H groups in total. The Balaban J connectivity index is 0.00000514. The molecule has 3 aromatic heterocycles. The maximum absolute atomic E-state index is 7.19. The van der Waals surface area contributed by atoms with E-state index in [4.69, 9.17) is 165 Å². The summed E-state index contributed by atoms with van der Waals surface area (Å²) in [7, 11) is 0. The van der Waals surface area contributed by atoms with Gasteiger partial charge in [-0.3, -0.25) is 0 Å². The van der Waals surface area contributed by atoms with Gasteiger partial charge in [0.2, 0.25) is 0 Å². The van der Waals surface area contributed by atoms with E-state index in [-0.39, 0.29) is 185 Å². The minimum absolute atomic E-state index is 0. The average Bonchev–Trinajstić information content (AvgIpc) is 3.95. The van der Waals surface area contributed by atoms with Gasteiger partial charge in [-0.05, 0) is 22.6 Å². The summed E-state index contributed by atoms with van der Waals surface area (Å²) < 4.78 is 12.2. The number of rotatable bonds is 6. The normalized spacial score (nSPS) is 12.1. The van der Waals surface area contributed by atoms with Crippen molar-refractivity contribution < 1.29 is 29.0 Å². The summed E-state index contributed by atoms with van der Waals surface area (Å²) in [5.74, 6) is 0.656. The molecule has 0 atom stereocenters. The van der Waals surface area contributed by atoms with Gasteiger partial charge in [0, 0.05) is 55.6 Å². The van der Waals surface area contributed by atoms with Crippen molar-refractivity contribution in [2.75, 3.05) is 13.2 Å². The Morgan fingerprint density at radius 2 is 0.770 bits per heavy atom. The number of hydrogen-bond donors (Lipinski definition) is 0. The van der Waals surface area contributed by atoms with E-state index >= 15 is 0 Å². The molecule has 5 heterocycles. The van der Waals surface area contributed by atoms with Crippen molar-refractivity contribution in [3.05, 3.63) is 74.5 Å². The smallest absolute Gasteiger partial charge is 0.490 e. The minimum atomic E-state index is -0.0284. The third-order valence-electron chi connectivity index (χ3n) is 9.39. The molecule has 0 saturated carbocycles. The zero-order chi connectivity index (χ0) is 42.6. The van der Waals surface area contributed by atoms with Crippen LogP contribution in [0.1, 0.15) is 27.7 Å². The molecule has 8 bridgehead atoms. The fourth-order valence-electron chi connectivity index (χ4n) is 6.71. The molecular formula is C40H22Cl10N8O2Zn. The van der Waals surface area contributed by atoms with E-state index in [0.29, 0.717) is 10.8 Å². The first kappa shape index (κ1) is 45.0. The second kappa shape index (κ2) is 17.1. The summed E-state index contributed by atoms with van der Waals surface area (Å²) >= 11 is 69.4. The molecule has 306 valence electrons. The van der Waals surface area contributed by atoms with Crippen molar-refractivity contribution in [3.63, 3.8) is 0 Å². The van der Waals surface area contributed by atoms with Gasteiger partial charge in [-0.2, -0.15) is 0 Å². The number of halogens is 10. The zero-order valence-electron chi connectivity index (χ0n) is 31.8. The van der Waals surface area contributed by atoms with Crippen LogP contribution in [0.25, 0.3) is 89.7 Å². The topological polar surface area (TPSA) is 124 Å². The van der Waals surface area contributed by atoms with E-state index in [9.17, 15) is 0 Å². The average molecular weight is 1070 g/mol. The van der Waals surface area contributed by atoms with Gasteiger partial charge in [-0.15, -0.1) is 0 Å². The van der Waals surface area contributed by atoms with E-state index in [1.165, 1.54) is 0 Å². The molecule has 4 aromatic carbocycles. The molecule has 2 aliphatic heterocycles. The van der Waals surface area contributed by atoms with Gasteiger partial charge < -0.3 is 39.4 Å². The van der Waals surface area contributed by atoms with E-state index in [0.717, 1.165) is 0 Å². The van der Waals surface area contributed by atoms with Gasteiger partial charge >= 0.3 is 19.5 Å². The molecule has 0 saturated heterocycles. The van der Waals surface area contributed by atoms with Crippen LogP contribution in [0.3, 0.4) is 0 Å². The van der Waals surface area contributed by atoms with Crippen LogP contribution in [0.5, 0.6) is 11.5 Å². The molecular weight excluding hydrogens is 1040 g/mol. The second-order valence-corrected chi connectivity index (χ2v) is 18.3. The second-order valence-electron chi connectivity index (χ2n) is 14.5. The van der Waals surface area contributed by atoms with Crippen molar-refractivity contribution in [2.45, 2.75) is 27.7 Å². The first-order valence-electron chi connectivity index (χ1n) is 17.9. The molecule has 0 amide bonds. The van der Waals surface area contributed by atoms with Crippen LogP contribution in [-0.2, 0) is 19.5 Å². The maximum atomic E-state index is 7.19. The summed E-state index contributed by atoms with van der Waals surface area (Å²) in [6.07, 6.45) is 0. The van der Waals surface area contributed by atoms with Gasteiger partial charge in [-0.1, -0.05) is 168 Å². The van der Waals surface area contributed by atoms with E-state index < -0.39 is 0 Å². The number of hydrogen-bond acceptors (Lipinski definition) is 8. The molecule has 2 aliphatic rings. The van der Waals surface area contributed by atoms with Crippen LogP contribution in [-0.4, -0.2) is 43.1 Å². The van der Waals surface area contributed by atoms with Crippen molar-refractivity contribution in [1.29, 1.82) is 0 Å². The van der Waals surface area contributed by atoms with Crippen LogP contribution in [0.2, 0.25) is 50.2 Å². The van der Waals surface area contributed by atoms with Crippen molar-refractivity contribution in [3.8, 4) is 57.1 Å². The van der Waals surface area contributed by atoms with Gasteiger partial charge in [0.05, 0.1) is 76.7 Å². The SMILES string of the molecule is CC(C)COc1c(Cl)c(Cl)c2c(c1Cl)-c1nc-2nc2[n-]c(nc3nc(nc4[n-]c(n1)c1c(Cl)c(OCC(C)C)c(Cl)c(Cl)c41)-c1c(Cl)c(Cl)c(Cl)c(Cl)c1-3)c1ccccc21.[Zn+2]. The molecule has 10 nitrogen and oxygen atoms in total. The van der Waals surface area contributed by atoms with Crippen LogP contribution in [0.15, 0.2) is 24.3 Å². The van der Waals surface area contributed by atoms with Crippen LogP contribution < -0.4 is 19.4 Å². The van der Waals surface area contributed by atoms with Gasteiger partial charge in [0.1, 0.15) is 10.0 Å². The summed E-state index contributed by atoms with van der Waals surface area (Å²) in [5.41, 5.74) is 1.43. The summed E-state index contributed by atoms with van der Waals surface area (Å²) in [5, 5.41) is 1.92. The van der Waals surface area contributed by atoms with Crippen LogP contribution >= 0.6 is 116 Å². The van der Waals surface area contributed by atoms with Crippen molar-refractivity contribution >= 4 is 160 Å². The number of nitrogens with zero attached hydrogens (tertiary/aromatic N) is 8. The van der Waals surface area contributed by atoms with Crippen molar-refractivity contribution in [1.82, 2.24) is 39.9 Å². The predicted octanol–water partition coefficient (Wildman–Crippen LogP) is 14.7. The third kappa shape index (κ3) is 7.38. The maximum Gasteiger partial charge on any atom is 2.00 e. The summed E-state index contributed by atoms with van der Waals surface area (Å²) in [6, 6.07) is 7.33. The largest absolute Gasteiger partial charge is 2.00 e. The fraction of sp³-hybridized carbons (Fsp3) is 0.200. The Bertz CT molecular complexity index is 3210. The Morgan fingerprint density at radius 1 is 0.426 bits per heavy atom. The number of aromatic nitrogens is 8. The molecule has 0 fully saturated rings. The van der Waals surface area contributed by atoms with Crippen LogP contribution in [0.4, 0.5) is 0 Å². The summed E-state index contributed by atoms with van der Waals surface area (Å²) in [6.45, 7) is 8.44. The van der Waals surface area contributed by atoms with E-state index in [1.54, 1.807) is 0 Å². The summed E-state index contributed by atoms with van der Waals surface area (Å²) in [4.78, 5) is 39.1. The molecule has 0 unspecified atom stereocenters. The zero-order valence-corrected chi connectivity index (χ0v) is 42.3. The Kier molecular flexibility index (Phi) is 12.6. The molecule has 0 radical (unpaired) electrons. The van der Waals surface area contributed by atoms with Crippen molar-refractivity contribution in [2.24, 2.45) is 11.8 Å². The molecule has 0 aliphatic carbocycles. The Morgan fingerprint density at radius 3 is 1.21 bits per heavy atom. The number of ether oxygens (including phenoxy) is 2. The van der Waals surface area contributed by atoms with Gasteiger partial charge in [0.25, 0.3) is 0 Å². The van der Waals surface area contributed by atoms with Gasteiger partial charge in [-0.25, -0.2) is 9.97 Å². The standard InChI is InChI=1S/C40H22Cl10N8O2.Zn/c1-11(2)9-59-31-25(45)19-17(23(43)29(31)49)36-53-34-14-8-6-5-7-13(14)33(51-34)52-35-15-16(22(42)28(48)27(47)21(15)41)37(54-35)56-38-18-20(40(57-38)58-39(19)55-36)26(46)32(30(50)24(18)44)60-10-12(3)4;/h5-8,11-12H,9-10H2,1-4H3;/q-2;+2. The molecule has 21 heteroatoms. The first-order chi connectivity index (χ1) is 28.6. The van der Waals surface area contributed by atoms with E-state index in [2.05, 4.69) is 0 Å². The minimum Gasteiger partial charge on any atom is -0.490 e. The third-order valence-corrected chi connectivity index (χ3v) is 13.6. The number of fused-ring (bicyclic) bond motifs is 20. The van der Waals surface area contributed by atoms with Gasteiger partial charge in [0.15, 0.2) is 11.5 Å². The molecule has 0 spiro atoms. The van der Waals surface area contributed by atoms with Crippen LogP contribution in [0, 0.1) is 11.8 Å². The molecule has 7 aromatic rings. The molecule has 9 rings (SSSR count). The first-order valence-corrected chi connectivity index (χ1v) is 21.7. The number of benzene rings is 4. The Hall–Kier alpha value is -2.64. The van der Waals surface area contributed by atoms with E-state index in [1.807, 2.05) is 52.0 Å².